The largest absolute Gasteiger partial charge is 0.326 e. The minimum atomic E-state index is 0. The summed E-state index contributed by atoms with van der Waals surface area (Å²) in [7, 11) is 0. The summed E-state index contributed by atoms with van der Waals surface area (Å²) in [5.74, 6) is 0.330. The summed E-state index contributed by atoms with van der Waals surface area (Å²) < 4.78 is 0. The molecule has 18 heavy (non-hydrogen) atoms. The molecule has 2 N–H and O–H groups in total. The maximum Gasteiger partial charge on any atom is 0.227 e. The van der Waals surface area contributed by atoms with Crippen molar-refractivity contribution in [3.05, 3.63) is 29.3 Å². The van der Waals surface area contributed by atoms with Crippen LogP contribution < -0.4 is 10.6 Å². The smallest absolute Gasteiger partial charge is 0.227 e. The molecular weight excluding hydrogens is 248 g/mol. The van der Waals surface area contributed by atoms with Crippen LogP contribution in [0.2, 0.25) is 0 Å². The monoisotopic (exact) mass is 268 g/mol. The number of carbonyl (C=O) groups excluding carboxylic acids is 1. The Morgan fingerprint density at radius 1 is 1.28 bits per heavy atom. The number of amides is 1. The van der Waals surface area contributed by atoms with Crippen LogP contribution in [0, 0.1) is 19.8 Å². The third-order valence-electron chi connectivity index (χ3n) is 3.57. The van der Waals surface area contributed by atoms with E-state index in [1.807, 2.05) is 19.1 Å². The minimum absolute atomic E-state index is 0. The van der Waals surface area contributed by atoms with Crippen molar-refractivity contribution in [3.63, 3.8) is 0 Å². The molecule has 1 amide bonds. The van der Waals surface area contributed by atoms with Crippen LogP contribution in [-0.2, 0) is 4.79 Å². The molecule has 0 unspecified atom stereocenters. The van der Waals surface area contributed by atoms with Crippen LogP contribution in [0.3, 0.4) is 0 Å². The summed E-state index contributed by atoms with van der Waals surface area (Å²) in [6, 6.07) is 6.03. The quantitative estimate of drug-likeness (QED) is 0.866. The fourth-order valence-electron chi connectivity index (χ4n) is 2.21. The lowest BCUT2D eigenvalue weighted by molar-refractivity contribution is -0.120. The molecule has 0 atom stereocenters. The number of hydrogen-bond donors (Lipinski definition) is 2. The van der Waals surface area contributed by atoms with E-state index in [4.69, 9.17) is 0 Å². The lowest BCUT2D eigenvalue weighted by atomic mass is 9.97. The van der Waals surface area contributed by atoms with E-state index in [0.29, 0.717) is 0 Å². The summed E-state index contributed by atoms with van der Waals surface area (Å²) in [5.41, 5.74) is 3.33. The lowest BCUT2D eigenvalue weighted by Crippen LogP contribution is -2.34. The van der Waals surface area contributed by atoms with Crippen molar-refractivity contribution in [2.45, 2.75) is 26.7 Å². The van der Waals surface area contributed by atoms with Gasteiger partial charge in [-0.3, -0.25) is 4.79 Å². The molecule has 1 fully saturated rings. The number of carbonyl (C=O) groups is 1. The average molecular weight is 269 g/mol. The lowest BCUT2D eigenvalue weighted by Gasteiger charge is -2.22. The molecule has 1 aliphatic heterocycles. The Morgan fingerprint density at radius 3 is 2.61 bits per heavy atom. The van der Waals surface area contributed by atoms with Crippen molar-refractivity contribution >= 4 is 24.0 Å². The van der Waals surface area contributed by atoms with E-state index in [-0.39, 0.29) is 24.2 Å². The summed E-state index contributed by atoms with van der Waals surface area (Å²) in [4.78, 5) is 12.1. The third-order valence-corrected chi connectivity index (χ3v) is 3.57. The number of halogens is 1. The number of rotatable bonds is 2. The second-order valence-electron chi connectivity index (χ2n) is 4.76. The minimum Gasteiger partial charge on any atom is -0.326 e. The molecule has 0 aliphatic carbocycles. The van der Waals surface area contributed by atoms with Crippen molar-refractivity contribution in [3.8, 4) is 0 Å². The van der Waals surface area contributed by atoms with Crippen LogP contribution in [-0.4, -0.2) is 19.0 Å². The van der Waals surface area contributed by atoms with Gasteiger partial charge < -0.3 is 10.6 Å². The van der Waals surface area contributed by atoms with Crippen LogP contribution >= 0.6 is 12.4 Å². The molecule has 0 bridgehead atoms. The predicted octanol–water partition coefficient (Wildman–Crippen LogP) is 2.66. The summed E-state index contributed by atoms with van der Waals surface area (Å²) in [6.07, 6.45) is 1.88. The first kappa shape index (κ1) is 15.0. The second kappa shape index (κ2) is 6.76. The first-order chi connectivity index (χ1) is 8.18. The molecular formula is C14H21ClN2O. The van der Waals surface area contributed by atoms with Gasteiger partial charge in [-0.15, -0.1) is 12.4 Å². The summed E-state index contributed by atoms with van der Waals surface area (Å²) in [6.45, 7) is 6.01. The molecule has 1 aromatic rings. The molecule has 0 spiro atoms. The van der Waals surface area contributed by atoms with Gasteiger partial charge in [0.1, 0.15) is 0 Å². The van der Waals surface area contributed by atoms with Crippen molar-refractivity contribution in [2.24, 2.45) is 5.92 Å². The van der Waals surface area contributed by atoms with Gasteiger partial charge in [0.15, 0.2) is 0 Å². The Kier molecular flexibility index (Phi) is 5.63. The zero-order chi connectivity index (χ0) is 12.3. The highest BCUT2D eigenvalue weighted by molar-refractivity contribution is 5.93. The SMILES string of the molecule is Cc1cccc(NC(=O)C2CCNCC2)c1C.Cl. The normalized spacial score (nSPS) is 15.9. The molecule has 0 radical (unpaired) electrons. The van der Waals surface area contributed by atoms with E-state index in [1.54, 1.807) is 0 Å². The summed E-state index contributed by atoms with van der Waals surface area (Å²) >= 11 is 0. The van der Waals surface area contributed by atoms with Gasteiger partial charge in [-0.1, -0.05) is 12.1 Å². The van der Waals surface area contributed by atoms with Crippen LogP contribution in [0.4, 0.5) is 5.69 Å². The molecule has 100 valence electrons. The zero-order valence-corrected chi connectivity index (χ0v) is 11.8. The molecule has 0 aromatic heterocycles. The van der Waals surface area contributed by atoms with Gasteiger partial charge in [-0.25, -0.2) is 0 Å². The zero-order valence-electron chi connectivity index (χ0n) is 11.0. The number of nitrogens with one attached hydrogen (secondary N) is 2. The Balaban J connectivity index is 0.00000162. The molecule has 1 aliphatic rings. The van der Waals surface area contributed by atoms with Crippen LogP contribution in [0.15, 0.2) is 18.2 Å². The average Bonchev–Trinajstić information content (AvgIpc) is 2.36. The van der Waals surface area contributed by atoms with Gasteiger partial charge in [-0.2, -0.15) is 0 Å². The highest BCUT2D eigenvalue weighted by Crippen LogP contribution is 2.20. The number of anilines is 1. The van der Waals surface area contributed by atoms with E-state index in [1.165, 1.54) is 5.56 Å². The van der Waals surface area contributed by atoms with E-state index < -0.39 is 0 Å². The fourth-order valence-corrected chi connectivity index (χ4v) is 2.21. The predicted molar refractivity (Wildman–Crippen MR) is 77.4 cm³/mol. The Bertz CT molecular complexity index is 414. The number of benzene rings is 1. The third kappa shape index (κ3) is 3.47. The van der Waals surface area contributed by atoms with E-state index in [9.17, 15) is 4.79 Å². The van der Waals surface area contributed by atoms with Crippen molar-refractivity contribution in [1.82, 2.24) is 5.32 Å². The Hall–Kier alpha value is -1.06. The van der Waals surface area contributed by atoms with Crippen molar-refractivity contribution < 1.29 is 4.79 Å². The van der Waals surface area contributed by atoms with Gasteiger partial charge >= 0.3 is 0 Å². The van der Waals surface area contributed by atoms with Gasteiger partial charge in [0, 0.05) is 11.6 Å². The Labute approximate surface area is 115 Å². The molecule has 1 aromatic carbocycles. The van der Waals surface area contributed by atoms with E-state index >= 15 is 0 Å². The van der Waals surface area contributed by atoms with Gasteiger partial charge in [0.05, 0.1) is 0 Å². The summed E-state index contributed by atoms with van der Waals surface area (Å²) in [5, 5.41) is 6.33. The number of hydrogen-bond acceptors (Lipinski definition) is 2. The van der Waals surface area contributed by atoms with E-state index in [0.717, 1.165) is 37.2 Å². The van der Waals surface area contributed by atoms with Crippen LogP contribution in [0.5, 0.6) is 0 Å². The van der Waals surface area contributed by atoms with Gasteiger partial charge in [-0.05, 0) is 57.0 Å². The topological polar surface area (TPSA) is 41.1 Å². The molecule has 1 saturated heterocycles. The molecule has 2 rings (SSSR count). The van der Waals surface area contributed by atoms with Crippen LogP contribution in [0.1, 0.15) is 24.0 Å². The standard InChI is InChI=1S/C14H20N2O.ClH/c1-10-4-3-5-13(11(10)2)16-14(17)12-6-8-15-9-7-12;/h3-5,12,15H,6-9H2,1-2H3,(H,16,17);1H. The van der Waals surface area contributed by atoms with Crippen molar-refractivity contribution in [1.29, 1.82) is 0 Å². The van der Waals surface area contributed by atoms with E-state index in [2.05, 4.69) is 23.6 Å². The maximum absolute atomic E-state index is 12.1. The fraction of sp³-hybridized carbons (Fsp3) is 0.500. The number of piperidine rings is 1. The maximum atomic E-state index is 12.1. The number of aryl methyl sites for hydroxylation is 1. The Morgan fingerprint density at radius 2 is 1.94 bits per heavy atom. The van der Waals surface area contributed by atoms with Crippen molar-refractivity contribution in [2.75, 3.05) is 18.4 Å². The first-order valence-electron chi connectivity index (χ1n) is 6.26. The van der Waals surface area contributed by atoms with Gasteiger partial charge in [0.2, 0.25) is 5.91 Å². The van der Waals surface area contributed by atoms with Gasteiger partial charge in [0.25, 0.3) is 0 Å². The first-order valence-corrected chi connectivity index (χ1v) is 6.26. The van der Waals surface area contributed by atoms with Crippen LogP contribution in [0.25, 0.3) is 0 Å². The highest BCUT2D eigenvalue weighted by Gasteiger charge is 2.21. The molecule has 4 heteroatoms. The molecule has 0 saturated carbocycles. The second-order valence-corrected chi connectivity index (χ2v) is 4.76. The molecule has 3 nitrogen and oxygen atoms in total. The molecule has 1 heterocycles. The highest BCUT2D eigenvalue weighted by atomic mass is 35.5.